The summed E-state index contributed by atoms with van der Waals surface area (Å²) in [6.07, 6.45) is -0.274. The lowest BCUT2D eigenvalue weighted by molar-refractivity contribution is -0.119. The van der Waals surface area contributed by atoms with Crippen molar-refractivity contribution >= 4 is 61.0 Å². The number of aliphatic hydroxyl groups is 1. The fraction of sp³-hybridized carbons (Fsp3) is 0.350. The van der Waals surface area contributed by atoms with Gasteiger partial charge in [-0.1, -0.05) is 15.9 Å². The van der Waals surface area contributed by atoms with Crippen molar-refractivity contribution in [3.8, 4) is 0 Å². The monoisotopic (exact) mass is 492 g/mol. The fourth-order valence-corrected chi connectivity index (χ4v) is 5.60. The predicted octanol–water partition coefficient (Wildman–Crippen LogP) is 3.79. The van der Waals surface area contributed by atoms with Crippen LogP contribution in [0.15, 0.2) is 33.6 Å². The maximum atomic E-state index is 12.0. The lowest BCUT2D eigenvalue weighted by Gasteiger charge is -2.24. The van der Waals surface area contributed by atoms with Crippen LogP contribution in [-0.4, -0.2) is 39.7 Å². The smallest absolute Gasteiger partial charge is 0.240 e. The van der Waals surface area contributed by atoms with Crippen molar-refractivity contribution in [2.24, 2.45) is 5.73 Å². The number of fused-ring (bicyclic) bond motifs is 1. The van der Waals surface area contributed by atoms with Gasteiger partial charge in [0.15, 0.2) is 0 Å². The average molecular weight is 493 g/mol. The molecule has 3 heterocycles. The summed E-state index contributed by atoms with van der Waals surface area (Å²) in [5.41, 5.74) is 6.73. The molecule has 0 saturated carbocycles. The van der Waals surface area contributed by atoms with Crippen molar-refractivity contribution in [2.45, 2.75) is 43.1 Å². The average Bonchev–Trinajstić information content (AvgIpc) is 3.21. The van der Waals surface area contributed by atoms with E-state index in [1.165, 1.54) is 4.88 Å². The van der Waals surface area contributed by atoms with Crippen LogP contribution in [0.3, 0.4) is 0 Å². The molecule has 152 valence electrons. The van der Waals surface area contributed by atoms with E-state index in [2.05, 4.69) is 22.9 Å². The summed E-state index contributed by atoms with van der Waals surface area (Å²) in [6.45, 7) is 4.45. The number of aryl methyl sites for hydroxylation is 2. The first-order chi connectivity index (χ1) is 13.8. The number of β-amino-alcohol motifs (C(OH)–C–C–N with tert-alkyl or cyclic N) is 1. The van der Waals surface area contributed by atoms with E-state index in [9.17, 15) is 9.90 Å². The third-order valence-corrected chi connectivity index (χ3v) is 7.75. The Morgan fingerprint density at radius 3 is 2.76 bits per heavy atom. The molecule has 1 aliphatic heterocycles. The summed E-state index contributed by atoms with van der Waals surface area (Å²) in [4.78, 5) is 26.7. The highest BCUT2D eigenvalue weighted by atomic mass is 79.9. The van der Waals surface area contributed by atoms with E-state index < -0.39 is 18.1 Å². The van der Waals surface area contributed by atoms with Crippen LogP contribution in [0, 0.1) is 13.8 Å². The van der Waals surface area contributed by atoms with Crippen molar-refractivity contribution in [1.29, 1.82) is 0 Å². The van der Waals surface area contributed by atoms with Crippen LogP contribution < -0.4 is 10.6 Å². The molecule has 29 heavy (non-hydrogen) atoms. The number of aromatic nitrogens is 2. The second kappa shape index (κ2) is 8.22. The molecule has 1 aromatic carbocycles. The largest absolute Gasteiger partial charge is 0.391 e. The maximum absolute atomic E-state index is 12.0. The number of carbonyl (C=O) groups excluding carboxylic acids is 1. The number of hydrogen-bond donors (Lipinski definition) is 2. The Hall–Kier alpha value is -1.68. The molecular weight excluding hydrogens is 472 g/mol. The highest BCUT2D eigenvalue weighted by Crippen LogP contribution is 2.38. The molecule has 3 N–H and O–H groups in total. The molecule has 1 fully saturated rings. The molecule has 0 radical (unpaired) electrons. The SMILES string of the molecule is Cc1sc2nc(CSc3ccc(Br)cc3)nc(N3C[C@@H](O)C[C@H]3C(N)=O)c2c1C. The Bertz CT molecular complexity index is 1070. The Kier molecular flexibility index (Phi) is 5.83. The lowest BCUT2D eigenvalue weighted by atomic mass is 10.1. The lowest BCUT2D eigenvalue weighted by Crippen LogP contribution is -2.41. The quantitative estimate of drug-likeness (QED) is 0.526. The van der Waals surface area contributed by atoms with Gasteiger partial charge in [-0.2, -0.15) is 0 Å². The number of hydrogen-bond acceptors (Lipinski definition) is 7. The molecule has 4 rings (SSSR count). The number of aliphatic hydroxyl groups excluding tert-OH is 1. The summed E-state index contributed by atoms with van der Waals surface area (Å²) in [5.74, 6) is 1.57. The van der Waals surface area contributed by atoms with Crippen LogP contribution in [0.2, 0.25) is 0 Å². The zero-order valence-electron chi connectivity index (χ0n) is 16.1. The number of nitrogens with zero attached hydrogens (tertiary/aromatic N) is 3. The number of benzene rings is 1. The Morgan fingerprint density at radius 2 is 2.07 bits per heavy atom. The van der Waals surface area contributed by atoms with Crippen LogP contribution >= 0.6 is 39.0 Å². The van der Waals surface area contributed by atoms with Crippen LogP contribution in [0.4, 0.5) is 5.82 Å². The third-order valence-electron chi connectivity index (χ3n) is 5.12. The molecule has 6 nitrogen and oxygen atoms in total. The van der Waals surface area contributed by atoms with Gasteiger partial charge in [-0.15, -0.1) is 23.1 Å². The minimum Gasteiger partial charge on any atom is -0.391 e. The molecule has 0 spiro atoms. The first-order valence-corrected chi connectivity index (χ1v) is 11.8. The first kappa shape index (κ1) is 20.6. The summed E-state index contributed by atoms with van der Waals surface area (Å²) < 4.78 is 1.04. The number of anilines is 1. The van der Waals surface area contributed by atoms with Gasteiger partial charge in [0.05, 0.1) is 17.2 Å². The molecule has 0 unspecified atom stereocenters. The van der Waals surface area contributed by atoms with Gasteiger partial charge in [-0.05, 0) is 43.7 Å². The topological polar surface area (TPSA) is 92.3 Å². The second-order valence-electron chi connectivity index (χ2n) is 7.13. The highest BCUT2D eigenvalue weighted by Gasteiger charge is 2.37. The molecular formula is C20H21BrN4O2S2. The fourth-order valence-electron chi connectivity index (χ4n) is 3.54. The summed E-state index contributed by atoms with van der Waals surface area (Å²) in [6, 6.07) is 7.55. The number of nitrogens with two attached hydrogens (primary N) is 1. The van der Waals surface area contributed by atoms with E-state index in [1.54, 1.807) is 23.1 Å². The van der Waals surface area contributed by atoms with E-state index in [0.29, 0.717) is 30.4 Å². The van der Waals surface area contributed by atoms with Gasteiger partial charge in [0.2, 0.25) is 5.91 Å². The zero-order valence-corrected chi connectivity index (χ0v) is 19.3. The number of halogens is 1. The molecule has 3 aromatic rings. The van der Waals surface area contributed by atoms with E-state index in [4.69, 9.17) is 15.7 Å². The molecule has 9 heteroatoms. The zero-order chi connectivity index (χ0) is 20.7. The number of rotatable bonds is 5. The van der Waals surface area contributed by atoms with Crippen molar-refractivity contribution in [3.63, 3.8) is 0 Å². The third kappa shape index (κ3) is 4.14. The van der Waals surface area contributed by atoms with Crippen molar-refractivity contribution in [1.82, 2.24) is 9.97 Å². The molecule has 0 aliphatic carbocycles. The van der Waals surface area contributed by atoms with Gasteiger partial charge in [0.25, 0.3) is 0 Å². The summed E-state index contributed by atoms with van der Waals surface area (Å²) in [7, 11) is 0. The number of primary amides is 1. The first-order valence-electron chi connectivity index (χ1n) is 9.22. The Morgan fingerprint density at radius 1 is 1.34 bits per heavy atom. The van der Waals surface area contributed by atoms with Gasteiger partial charge in [0.1, 0.15) is 22.5 Å². The molecule has 1 amide bonds. The standard InChI is InChI=1S/C20H21BrN4O2S2/c1-10-11(2)29-20-17(10)19(25-8-13(26)7-15(25)18(22)27)23-16(24-20)9-28-14-5-3-12(21)4-6-14/h3-6,13,15,26H,7-9H2,1-2H3,(H2,22,27)/t13-,15-/m0/s1. The van der Waals surface area contributed by atoms with E-state index >= 15 is 0 Å². The molecule has 1 saturated heterocycles. The van der Waals surface area contributed by atoms with E-state index in [1.807, 2.05) is 36.1 Å². The van der Waals surface area contributed by atoms with E-state index in [0.717, 1.165) is 25.1 Å². The summed E-state index contributed by atoms with van der Waals surface area (Å²) in [5, 5.41) is 11.1. The van der Waals surface area contributed by atoms with Crippen LogP contribution in [0.5, 0.6) is 0 Å². The van der Waals surface area contributed by atoms with Gasteiger partial charge in [0, 0.05) is 27.2 Å². The number of amides is 1. The maximum Gasteiger partial charge on any atom is 0.240 e. The number of thiophene rings is 1. The molecule has 2 atom stereocenters. The van der Waals surface area contributed by atoms with Gasteiger partial charge >= 0.3 is 0 Å². The highest BCUT2D eigenvalue weighted by molar-refractivity contribution is 9.10. The van der Waals surface area contributed by atoms with E-state index in [-0.39, 0.29) is 0 Å². The Labute approximate surface area is 185 Å². The summed E-state index contributed by atoms with van der Waals surface area (Å²) >= 11 is 6.74. The second-order valence-corrected chi connectivity index (χ2v) is 10.3. The van der Waals surface area contributed by atoms with Gasteiger partial charge < -0.3 is 15.7 Å². The minimum absolute atomic E-state index is 0.325. The number of carbonyl (C=O) groups is 1. The predicted molar refractivity (Wildman–Crippen MR) is 122 cm³/mol. The Balaban J connectivity index is 1.73. The normalized spacial score (nSPS) is 19.2. The molecule has 2 aromatic heterocycles. The van der Waals surface area contributed by atoms with Gasteiger partial charge in [-0.3, -0.25) is 4.79 Å². The van der Waals surface area contributed by atoms with Crippen LogP contribution in [0.1, 0.15) is 22.7 Å². The number of thioether (sulfide) groups is 1. The van der Waals surface area contributed by atoms with Gasteiger partial charge in [-0.25, -0.2) is 9.97 Å². The van der Waals surface area contributed by atoms with Crippen molar-refractivity contribution < 1.29 is 9.90 Å². The van der Waals surface area contributed by atoms with Crippen molar-refractivity contribution in [2.75, 3.05) is 11.4 Å². The minimum atomic E-state index is -0.599. The van der Waals surface area contributed by atoms with Crippen molar-refractivity contribution in [3.05, 3.63) is 45.0 Å². The van der Waals surface area contributed by atoms with Crippen LogP contribution in [-0.2, 0) is 10.5 Å². The molecule has 1 aliphatic rings. The molecule has 0 bridgehead atoms. The van der Waals surface area contributed by atoms with Crippen LogP contribution in [0.25, 0.3) is 10.2 Å².